The molecule has 0 saturated carbocycles. The predicted octanol–water partition coefficient (Wildman–Crippen LogP) is 2.08. The van der Waals surface area contributed by atoms with Crippen LogP contribution in [0.5, 0.6) is 0 Å². The number of hydrogen-bond donors (Lipinski definition) is 0. The number of nitrogens with zero attached hydrogens (tertiary/aromatic N) is 3. The topological polar surface area (TPSA) is 74.1 Å². The van der Waals surface area contributed by atoms with E-state index in [9.17, 15) is 8.42 Å². The fourth-order valence-electron chi connectivity index (χ4n) is 1.95. The lowest BCUT2D eigenvalue weighted by molar-refractivity contribution is 0.466. The van der Waals surface area contributed by atoms with E-state index in [0.717, 1.165) is 5.56 Å². The molecule has 0 spiro atoms. The summed E-state index contributed by atoms with van der Waals surface area (Å²) in [5.41, 5.74) is 1.80. The van der Waals surface area contributed by atoms with Gasteiger partial charge in [-0.15, -0.1) is 0 Å². The van der Waals surface area contributed by atoms with Crippen molar-refractivity contribution < 1.29 is 8.42 Å². The molecule has 21 heavy (non-hydrogen) atoms. The Kier molecular flexibility index (Phi) is 4.36. The Hall–Kier alpha value is -2.23. The second-order valence-corrected chi connectivity index (χ2v) is 6.72. The Morgan fingerprint density at radius 2 is 1.90 bits per heavy atom. The van der Waals surface area contributed by atoms with Crippen LogP contribution in [-0.2, 0) is 16.6 Å². The minimum atomic E-state index is -3.64. The van der Waals surface area contributed by atoms with E-state index in [2.05, 4.69) is 4.98 Å². The molecule has 5 nitrogen and oxygen atoms in total. The van der Waals surface area contributed by atoms with Crippen molar-refractivity contribution in [2.45, 2.75) is 18.4 Å². The SMILES string of the molecule is Cc1ccc(C#N)cc1S(=O)(=O)N(C)Cc1ccncc1. The van der Waals surface area contributed by atoms with Crippen LogP contribution in [0.25, 0.3) is 0 Å². The number of hydrogen-bond acceptors (Lipinski definition) is 4. The van der Waals surface area contributed by atoms with Gasteiger partial charge in [0.2, 0.25) is 10.0 Å². The Morgan fingerprint density at radius 1 is 1.24 bits per heavy atom. The van der Waals surface area contributed by atoms with Crippen molar-refractivity contribution in [1.29, 1.82) is 5.26 Å². The minimum absolute atomic E-state index is 0.165. The largest absolute Gasteiger partial charge is 0.265 e. The van der Waals surface area contributed by atoms with E-state index in [1.807, 2.05) is 6.07 Å². The van der Waals surface area contributed by atoms with Gasteiger partial charge in [0.15, 0.2) is 0 Å². The van der Waals surface area contributed by atoms with E-state index in [4.69, 9.17) is 5.26 Å². The molecule has 0 aliphatic carbocycles. The third kappa shape index (κ3) is 3.27. The normalized spacial score (nSPS) is 11.3. The highest BCUT2D eigenvalue weighted by atomic mass is 32.2. The van der Waals surface area contributed by atoms with Crippen LogP contribution in [0.1, 0.15) is 16.7 Å². The van der Waals surface area contributed by atoms with Gasteiger partial charge in [-0.2, -0.15) is 9.57 Å². The van der Waals surface area contributed by atoms with Gasteiger partial charge in [0.1, 0.15) is 0 Å². The number of pyridine rings is 1. The molecule has 0 aliphatic heterocycles. The summed E-state index contributed by atoms with van der Waals surface area (Å²) in [5.74, 6) is 0. The number of nitriles is 1. The van der Waals surface area contributed by atoms with Crippen LogP contribution in [0.3, 0.4) is 0 Å². The maximum Gasteiger partial charge on any atom is 0.243 e. The van der Waals surface area contributed by atoms with Crippen LogP contribution in [0.15, 0.2) is 47.6 Å². The highest BCUT2D eigenvalue weighted by Crippen LogP contribution is 2.21. The number of aryl methyl sites for hydroxylation is 1. The van der Waals surface area contributed by atoms with E-state index in [0.29, 0.717) is 11.1 Å². The number of sulfonamides is 1. The monoisotopic (exact) mass is 301 g/mol. The summed E-state index contributed by atoms with van der Waals surface area (Å²) >= 11 is 0. The Morgan fingerprint density at radius 3 is 2.52 bits per heavy atom. The molecule has 1 heterocycles. The molecular formula is C15H15N3O2S. The first-order valence-electron chi connectivity index (χ1n) is 6.31. The van der Waals surface area contributed by atoms with Crippen LogP contribution >= 0.6 is 0 Å². The summed E-state index contributed by atoms with van der Waals surface area (Å²) in [5, 5.41) is 8.93. The lowest BCUT2D eigenvalue weighted by Gasteiger charge is -2.18. The molecule has 1 aromatic carbocycles. The fraction of sp³-hybridized carbons (Fsp3) is 0.200. The maximum atomic E-state index is 12.6. The summed E-state index contributed by atoms with van der Waals surface area (Å²) in [6.07, 6.45) is 3.24. The molecule has 1 aromatic heterocycles. The van der Waals surface area contributed by atoms with Gasteiger partial charge in [-0.25, -0.2) is 8.42 Å². The van der Waals surface area contributed by atoms with Gasteiger partial charge in [0, 0.05) is 26.0 Å². The lowest BCUT2D eigenvalue weighted by atomic mass is 10.2. The van der Waals surface area contributed by atoms with E-state index >= 15 is 0 Å². The Labute approximate surface area is 124 Å². The van der Waals surface area contributed by atoms with Crippen LogP contribution in [0, 0.1) is 18.3 Å². The second-order valence-electron chi connectivity index (χ2n) is 4.71. The van der Waals surface area contributed by atoms with E-state index in [-0.39, 0.29) is 11.4 Å². The zero-order chi connectivity index (χ0) is 15.5. The average molecular weight is 301 g/mol. The molecule has 6 heteroatoms. The summed E-state index contributed by atoms with van der Waals surface area (Å²) in [6, 6.07) is 10.2. The Bertz CT molecular complexity index is 780. The van der Waals surface area contributed by atoms with Crippen LogP contribution in [0.2, 0.25) is 0 Å². The Balaban J connectivity index is 2.36. The van der Waals surface area contributed by atoms with E-state index in [1.54, 1.807) is 43.6 Å². The van der Waals surface area contributed by atoms with Crippen LogP contribution in [0.4, 0.5) is 0 Å². The van der Waals surface area contributed by atoms with Crippen LogP contribution in [-0.4, -0.2) is 24.8 Å². The molecule has 0 amide bonds. The van der Waals surface area contributed by atoms with Gasteiger partial charge in [0.05, 0.1) is 16.5 Å². The van der Waals surface area contributed by atoms with Crippen molar-refractivity contribution in [2.75, 3.05) is 7.05 Å². The molecular weight excluding hydrogens is 286 g/mol. The molecule has 0 fully saturated rings. The summed E-state index contributed by atoms with van der Waals surface area (Å²) in [6.45, 7) is 1.97. The van der Waals surface area contributed by atoms with Crippen molar-refractivity contribution in [1.82, 2.24) is 9.29 Å². The summed E-state index contributed by atoms with van der Waals surface area (Å²) < 4.78 is 26.5. The fourth-order valence-corrected chi connectivity index (χ4v) is 3.35. The number of rotatable bonds is 4. The first kappa shape index (κ1) is 15.2. The zero-order valence-electron chi connectivity index (χ0n) is 11.8. The molecule has 0 radical (unpaired) electrons. The molecule has 0 aliphatic rings. The highest BCUT2D eigenvalue weighted by molar-refractivity contribution is 7.89. The van der Waals surface area contributed by atoms with Gasteiger partial charge >= 0.3 is 0 Å². The molecule has 0 bridgehead atoms. The van der Waals surface area contributed by atoms with Crippen molar-refractivity contribution in [3.8, 4) is 6.07 Å². The number of benzene rings is 1. The van der Waals surface area contributed by atoms with Crippen molar-refractivity contribution in [3.63, 3.8) is 0 Å². The lowest BCUT2D eigenvalue weighted by Crippen LogP contribution is -2.27. The molecule has 2 rings (SSSR count). The highest BCUT2D eigenvalue weighted by Gasteiger charge is 2.23. The number of aromatic nitrogens is 1. The van der Waals surface area contributed by atoms with E-state index in [1.165, 1.54) is 17.4 Å². The zero-order valence-corrected chi connectivity index (χ0v) is 12.6. The van der Waals surface area contributed by atoms with Crippen molar-refractivity contribution in [2.24, 2.45) is 0 Å². The van der Waals surface area contributed by atoms with Crippen molar-refractivity contribution in [3.05, 3.63) is 59.4 Å². The molecule has 0 atom stereocenters. The van der Waals surface area contributed by atoms with Gasteiger partial charge in [0.25, 0.3) is 0 Å². The smallest absolute Gasteiger partial charge is 0.243 e. The maximum absolute atomic E-state index is 12.6. The standard InChI is InChI=1S/C15H15N3O2S/c1-12-3-4-14(10-16)9-15(12)21(19,20)18(2)11-13-5-7-17-8-6-13/h3-9H,11H2,1-2H3. The predicted molar refractivity (Wildman–Crippen MR) is 78.8 cm³/mol. The summed E-state index contributed by atoms with van der Waals surface area (Å²) in [7, 11) is -2.12. The quantitative estimate of drug-likeness (QED) is 0.866. The second kappa shape index (κ2) is 6.04. The minimum Gasteiger partial charge on any atom is -0.265 e. The first-order chi connectivity index (χ1) is 9.95. The molecule has 108 valence electrons. The summed E-state index contributed by atoms with van der Waals surface area (Å²) in [4.78, 5) is 4.07. The first-order valence-corrected chi connectivity index (χ1v) is 7.75. The molecule has 0 unspecified atom stereocenters. The van der Waals surface area contributed by atoms with Crippen LogP contribution < -0.4 is 0 Å². The van der Waals surface area contributed by atoms with Gasteiger partial charge in [-0.3, -0.25) is 4.98 Å². The van der Waals surface area contributed by atoms with Gasteiger partial charge in [-0.1, -0.05) is 6.07 Å². The van der Waals surface area contributed by atoms with E-state index < -0.39 is 10.0 Å². The van der Waals surface area contributed by atoms with Gasteiger partial charge < -0.3 is 0 Å². The molecule has 2 aromatic rings. The average Bonchev–Trinajstić information content (AvgIpc) is 2.48. The molecule has 0 saturated heterocycles. The van der Waals surface area contributed by atoms with Gasteiger partial charge in [-0.05, 0) is 42.3 Å². The van der Waals surface area contributed by atoms with Crippen molar-refractivity contribution >= 4 is 10.0 Å². The third-order valence-corrected chi connectivity index (χ3v) is 5.11. The molecule has 0 N–H and O–H groups in total. The third-order valence-electron chi connectivity index (χ3n) is 3.16.